The van der Waals surface area contributed by atoms with Crippen LogP contribution < -0.4 is 10.6 Å². The molecule has 3 N–H and O–H groups in total. The van der Waals surface area contributed by atoms with Crippen molar-refractivity contribution in [1.82, 2.24) is 10.6 Å². The van der Waals surface area contributed by atoms with Gasteiger partial charge in [-0.25, -0.2) is 0 Å². The van der Waals surface area contributed by atoms with Crippen LogP contribution in [0.1, 0.15) is 24.5 Å². The number of benzene rings is 1. The SMILES string of the molecule is O=C(NCCNCC(O)c1ccc([N+](=O)[O-])cc1)C1CC1. The van der Waals surface area contributed by atoms with Crippen molar-refractivity contribution >= 4 is 11.6 Å². The van der Waals surface area contributed by atoms with E-state index in [0.717, 1.165) is 12.8 Å². The molecule has 1 aliphatic carbocycles. The number of nitro benzene ring substituents is 1. The minimum Gasteiger partial charge on any atom is -0.387 e. The van der Waals surface area contributed by atoms with Crippen LogP contribution in [0.25, 0.3) is 0 Å². The fourth-order valence-electron chi connectivity index (χ4n) is 1.94. The monoisotopic (exact) mass is 293 g/mol. The van der Waals surface area contributed by atoms with E-state index in [1.807, 2.05) is 0 Å². The van der Waals surface area contributed by atoms with E-state index in [4.69, 9.17) is 0 Å². The van der Waals surface area contributed by atoms with Gasteiger partial charge in [-0.3, -0.25) is 14.9 Å². The topological polar surface area (TPSA) is 104 Å². The van der Waals surface area contributed by atoms with Crippen molar-refractivity contribution < 1.29 is 14.8 Å². The number of aliphatic hydroxyl groups is 1. The maximum atomic E-state index is 11.4. The van der Waals surface area contributed by atoms with Gasteiger partial charge in [0.15, 0.2) is 0 Å². The molecule has 1 aliphatic rings. The van der Waals surface area contributed by atoms with E-state index in [2.05, 4.69) is 10.6 Å². The number of amides is 1. The standard InChI is InChI=1S/C14H19N3O4/c18-13(10-3-5-12(6-4-10)17(20)21)9-15-7-8-16-14(19)11-1-2-11/h3-6,11,13,15,18H,1-2,7-9H2,(H,16,19). The first-order chi connectivity index (χ1) is 10.1. The molecular weight excluding hydrogens is 274 g/mol. The van der Waals surface area contributed by atoms with E-state index in [1.54, 1.807) is 12.1 Å². The van der Waals surface area contributed by atoms with Gasteiger partial charge in [-0.05, 0) is 30.5 Å². The van der Waals surface area contributed by atoms with Crippen LogP contribution in [0.3, 0.4) is 0 Å². The third-order valence-corrected chi connectivity index (χ3v) is 3.38. The lowest BCUT2D eigenvalue weighted by atomic mass is 10.1. The Kier molecular flexibility index (Phi) is 5.24. The summed E-state index contributed by atoms with van der Waals surface area (Å²) in [6.07, 6.45) is 1.24. The highest BCUT2D eigenvalue weighted by Crippen LogP contribution is 2.28. The summed E-state index contributed by atoms with van der Waals surface area (Å²) >= 11 is 0. The van der Waals surface area contributed by atoms with Gasteiger partial charge in [-0.2, -0.15) is 0 Å². The van der Waals surface area contributed by atoms with Gasteiger partial charge in [0.25, 0.3) is 5.69 Å². The molecule has 0 aromatic heterocycles. The fourth-order valence-corrected chi connectivity index (χ4v) is 1.94. The number of nitrogens with zero attached hydrogens (tertiary/aromatic N) is 1. The summed E-state index contributed by atoms with van der Waals surface area (Å²) in [5.41, 5.74) is 0.622. The number of aliphatic hydroxyl groups excluding tert-OH is 1. The second-order valence-electron chi connectivity index (χ2n) is 5.13. The number of nitrogens with one attached hydrogen (secondary N) is 2. The number of non-ortho nitro benzene ring substituents is 1. The van der Waals surface area contributed by atoms with Gasteiger partial charge in [0, 0.05) is 37.7 Å². The van der Waals surface area contributed by atoms with Crippen LogP contribution >= 0.6 is 0 Å². The minimum absolute atomic E-state index is 0.00157. The van der Waals surface area contributed by atoms with Gasteiger partial charge >= 0.3 is 0 Å². The molecule has 1 fully saturated rings. The van der Waals surface area contributed by atoms with Gasteiger partial charge in [0.1, 0.15) is 0 Å². The zero-order valence-corrected chi connectivity index (χ0v) is 11.6. The van der Waals surface area contributed by atoms with Gasteiger partial charge in [0.2, 0.25) is 5.91 Å². The summed E-state index contributed by atoms with van der Waals surface area (Å²) in [4.78, 5) is 21.4. The van der Waals surface area contributed by atoms with Gasteiger partial charge in [0.05, 0.1) is 11.0 Å². The number of hydrogen-bond donors (Lipinski definition) is 3. The molecule has 1 aromatic rings. The third-order valence-electron chi connectivity index (χ3n) is 3.38. The Labute approximate surface area is 122 Å². The largest absolute Gasteiger partial charge is 0.387 e. The molecule has 0 aliphatic heterocycles. The van der Waals surface area contributed by atoms with Crippen molar-refractivity contribution in [3.8, 4) is 0 Å². The van der Waals surface area contributed by atoms with Crippen LogP contribution in [0, 0.1) is 16.0 Å². The van der Waals surface area contributed by atoms with Crippen LogP contribution in [-0.4, -0.2) is 35.6 Å². The third kappa shape index (κ3) is 4.80. The summed E-state index contributed by atoms with van der Waals surface area (Å²) in [5, 5.41) is 26.3. The molecule has 1 saturated carbocycles. The van der Waals surface area contributed by atoms with E-state index < -0.39 is 11.0 Å². The number of hydrogen-bond acceptors (Lipinski definition) is 5. The first-order valence-electron chi connectivity index (χ1n) is 6.99. The molecule has 1 amide bonds. The summed E-state index contributed by atoms with van der Waals surface area (Å²) in [7, 11) is 0. The lowest BCUT2D eigenvalue weighted by molar-refractivity contribution is -0.384. The molecule has 0 heterocycles. The molecule has 1 atom stereocenters. The highest BCUT2D eigenvalue weighted by Gasteiger charge is 2.28. The maximum Gasteiger partial charge on any atom is 0.269 e. The Morgan fingerprint density at radius 2 is 2.00 bits per heavy atom. The number of rotatable bonds is 8. The summed E-state index contributed by atoms with van der Waals surface area (Å²) in [6, 6.07) is 5.82. The van der Waals surface area contributed by atoms with Crippen molar-refractivity contribution in [2.45, 2.75) is 18.9 Å². The van der Waals surface area contributed by atoms with Crippen LogP contribution in [-0.2, 0) is 4.79 Å². The zero-order valence-electron chi connectivity index (χ0n) is 11.6. The maximum absolute atomic E-state index is 11.4. The predicted octanol–water partition coefficient (Wildman–Crippen LogP) is 0.744. The summed E-state index contributed by atoms with van der Waals surface area (Å²) in [5.74, 6) is 0.309. The average molecular weight is 293 g/mol. The first-order valence-corrected chi connectivity index (χ1v) is 6.99. The Morgan fingerprint density at radius 3 is 2.57 bits per heavy atom. The first kappa shape index (κ1) is 15.4. The Bertz CT molecular complexity index is 499. The van der Waals surface area contributed by atoms with Crippen molar-refractivity contribution in [3.63, 3.8) is 0 Å². The van der Waals surface area contributed by atoms with Crippen molar-refractivity contribution in [2.75, 3.05) is 19.6 Å². The van der Waals surface area contributed by atoms with Crippen LogP contribution in [0.2, 0.25) is 0 Å². The molecule has 21 heavy (non-hydrogen) atoms. The Morgan fingerprint density at radius 1 is 1.33 bits per heavy atom. The molecule has 0 bridgehead atoms. The lowest BCUT2D eigenvalue weighted by Crippen LogP contribution is -2.34. The zero-order chi connectivity index (χ0) is 15.2. The molecule has 7 heteroatoms. The molecule has 0 radical (unpaired) electrons. The molecule has 2 rings (SSSR count). The highest BCUT2D eigenvalue weighted by atomic mass is 16.6. The van der Waals surface area contributed by atoms with E-state index in [0.29, 0.717) is 25.2 Å². The van der Waals surface area contributed by atoms with Crippen LogP contribution in [0.15, 0.2) is 24.3 Å². The molecule has 114 valence electrons. The second kappa shape index (κ2) is 7.14. The summed E-state index contributed by atoms with van der Waals surface area (Å²) < 4.78 is 0. The van der Waals surface area contributed by atoms with Crippen LogP contribution in [0.5, 0.6) is 0 Å². The van der Waals surface area contributed by atoms with Gasteiger partial charge in [-0.1, -0.05) is 0 Å². The Hall–Kier alpha value is -1.99. The van der Waals surface area contributed by atoms with Gasteiger partial charge in [-0.15, -0.1) is 0 Å². The number of carbonyl (C=O) groups is 1. The molecular formula is C14H19N3O4. The lowest BCUT2D eigenvalue weighted by Gasteiger charge is -2.12. The van der Waals surface area contributed by atoms with E-state index in [-0.39, 0.29) is 17.5 Å². The normalized spacial score (nSPS) is 15.5. The summed E-state index contributed by atoms with van der Waals surface area (Å²) in [6.45, 7) is 1.43. The van der Waals surface area contributed by atoms with E-state index >= 15 is 0 Å². The molecule has 0 spiro atoms. The predicted molar refractivity (Wildman–Crippen MR) is 76.7 cm³/mol. The molecule has 0 saturated heterocycles. The molecule has 1 aromatic carbocycles. The molecule has 7 nitrogen and oxygen atoms in total. The quantitative estimate of drug-likeness (QED) is 0.372. The molecule has 1 unspecified atom stereocenters. The Balaban J connectivity index is 1.65. The van der Waals surface area contributed by atoms with E-state index in [9.17, 15) is 20.0 Å². The highest BCUT2D eigenvalue weighted by molar-refractivity contribution is 5.80. The van der Waals surface area contributed by atoms with Crippen molar-refractivity contribution in [3.05, 3.63) is 39.9 Å². The fraction of sp³-hybridized carbons (Fsp3) is 0.500. The number of carbonyl (C=O) groups excluding carboxylic acids is 1. The smallest absolute Gasteiger partial charge is 0.269 e. The van der Waals surface area contributed by atoms with Crippen LogP contribution in [0.4, 0.5) is 5.69 Å². The average Bonchev–Trinajstić information content (AvgIpc) is 3.31. The number of nitro groups is 1. The second-order valence-corrected chi connectivity index (χ2v) is 5.13. The van der Waals surface area contributed by atoms with Crippen molar-refractivity contribution in [2.24, 2.45) is 5.92 Å². The van der Waals surface area contributed by atoms with E-state index in [1.165, 1.54) is 12.1 Å². The van der Waals surface area contributed by atoms with Gasteiger partial charge < -0.3 is 15.7 Å². The van der Waals surface area contributed by atoms with Crippen molar-refractivity contribution in [1.29, 1.82) is 0 Å². The minimum atomic E-state index is -0.732.